The Morgan fingerprint density at radius 3 is 2.37 bits per heavy atom. The lowest BCUT2D eigenvalue weighted by Crippen LogP contribution is -2.19. The van der Waals surface area contributed by atoms with Gasteiger partial charge in [0.2, 0.25) is 0 Å². The molecule has 0 radical (unpaired) electrons. The fourth-order valence-corrected chi connectivity index (χ4v) is 1.53. The molecule has 0 aliphatic rings. The van der Waals surface area contributed by atoms with Crippen molar-refractivity contribution >= 4 is 17.5 Å². The van der Waals surface area contributed by atoms with Crippen LogP contribution in [-0.4, -0.2) is 19.7 Å². The monoisotopic (exact) mass is 261 g/mol. The summed E-state index contributed by atoms with van der Waals surface area (Å²) in [6.07, 6.45) is 1.86. The van der Waals surface area contributed by atoms with Crippen LogP contribution >= 0.6 is 0 Å². The SMILES string of the molecule is Cn1ccc(Nc2cc(NN)nc(C(C)(C)C)n2)n1. The molecule has 0 spiro atoms. The molecule has 7 heteroatoms. The number of nitrogens with zero attached hydrogens (tertiary/aromatic N) is 4. The standard InChI is InChI=1S/C12H19N7/c1-12(2,3)11-15-9(7-10(16-11)17-13)14-8-5-6-19(4)18-8/h5-7H,13H2,1-4H3,(H2,14,15,16,17,18). The number of nitrogens with two attached hydrogens (primary N) is 1. The highest BCUT2D eigenvalue weighted by Gasteiger charge is 2.19. The molecule has 0 saturated heterocycles. The van der Waals surface area contributed by atoms with Gasteiger partial charge in [-0.3, -0.25) is 4.68 Å². The van der Waals surface area contributed by atoms with E-state index >= 15 is 0 Å². The van der Waals surface area contributed by atoms with Crippen molar-refractivity contribution in [1.82, 2.24) is 19.7 Å². The van der Waals surface area contributed by atoms with Crippen LogP contribution in [0.2, 0.25) is 0 Å². The maximum Gasteiger partial charge on any atom is 0.153 e. The van der Waals surface area contributed by atoms with Crippen molar-refractivity contribution in [2.24, 2.45) is 12.9 Å². The van der Waals surface area contributed by atoms with Gasteiger partial charge in [-0.05, 0) is 0 Å². The van der Waals surface area contributed by atoms with Gasteiger partial charge < -0.3 is 10.7 Å². The molecule has 0 bridgehead atoms. The molecule has 0 unspecified atom stereocenters. The maximum absolute atomic E-state index is 5.44. The van der Waals surface area contributed by atoms with E-state index in [4.69, 9.17) is 5.84 Å². The number of nitrogens with one attached hydrogen (secondary N) is 2. The smallest absolute Gasteiger partial charge is 0.153 e. The molecular formula is C12H19N7. The predicted octanol–water partition coefficient (Wildman–Crippen LogP) is 1.54. The summed E-state index contributed by atoms with van der Waals surface area (Å²) in [6.45, 7) is 6.15. The van der Waals surface area contributed by atoms with Gasteiger partial charge in [0, 0.05) is 30.8 Å². The Hall–Kier alpha value is -2.15. The van der Waals surface area contributed by atoms with Gasteiger partial charge in [0.05, 0.1) is 0 Å². The Labute approximate surface area is 112 Å². The van der Waals surface area contributed by atoms with Crippen molar-refractivity contribution in [1.29, 1.82) is 0 Å². The molecule has 2 aromatic rings. The molecule has 0 aliphatic carbocycles. The van der Waals surface area contributed by atoms with Gasteiger partial charge >= 0.3 is 0 Å². The molecule has 0 fully saturated rings. The van der Waals surface area contributed by atoms with E-state index in [9.17, 15) is 0 Å². The molecular weight excluding hydrogens is 242 g/mol. The summed E-state index contributed by atoms with van der Waals surface area (Å²) in [7, 11) is 1.86. The summed E-state index contributed by atoms with van der Waals surface area (Å²) in [5.74, 6) is 8.10. The van der Waals surface area contributed by atoms with E-state index < -0.39 is 0 Å². The van der Waals surface area contributed by atoms with Crippen LogP contribution in [0, 0.1) is 0 Å². The second-order valence-corrected chi connectivity index (χ2v) is 5.36. The first-order chi connectivity index (χ1) is 8.88. The molecule has 19 heavy (non-hydrogen) atoms. The zero-order valence-electron chi connectivity index (χ0n) is 11.6. The van der Waals surface area contributed by atoms with E-state index in [1.165, 1.54) is 0 Å². The zero-order valence-corrected chi connectivity index (χ0v) is 11.6. The van der Waals surface area contributed by atoms with Gasteiger partial charge in [-0.1, -0.05) is 20.8 Å². The van der Waals surface area contributed by atoms with Crippen molar-refractivity contribution < 1.29 is 0 Å². The Kier molecular flexibility index (Phi) is 3.39. The highest BCUT2D eigenvalue weighted by Crippen LogP contribution is 2.23. The first kappa shape index (κ1) is 13.3. The van der Waals surface area contributed by atoms with Crippen molar-refractivity contribution in [3.63, 3.8) is 0 Å². The summed E-state index contributed by atoms with van der Waals surface area (Å²) in [5, 5.41) is 7.38. The molecule has 0 amide bonds. The zero-order chi connectivity index (χ0) is 14.0. The molecule has 0 aliphatic heterocycles. The number of aromatic nitrogens is 4. The second kappa shape index (κ2) is 4.85. The Morgan fingerprint density at radius 2 is 1.84 bits per heavy atom. The van der Waals surface area contributed by atoms with Crippen molar-refractivity contribution in [3.8, 4) is 0 Å². The van der Waals surface area contributed by atoms with Crippen LogP contribution in [0.3, 0.4) is 0 Å². The van der Waals surface area contributed by atoms with Crippen molar-refractivity contribution in [2.75, 3.05) is 10.7 Å². The van der Waals surface area contributed by atoms with Gasteiger partial charge in [-0.25, -0.2) is 15.8 Å². The fraction of sp³-hybridized carbons (Fsp3) is 0.417. The van der Waals surface area contributed by atoms with Crippen molar-refractivity contribution in [3.05, 3.63) is 24.2 Å². The van der Waals surface area contributed by atoms with Gasteiger partial charge in [0.1, 0.15) is 17.5 Å². The first-order valence-corrected chi connectivity index (χ1v) is 6.01. The quantitative estimate of drug-likeness (QED) is 0.573. The molecule has 7 nitrogen and oxygen atoms in total. The van der Waals surface area contributed by atoms with Crippen LogP contribution in [0.4, 0.5) is 17.5 Å². The maximum atomic E-state index is 5.44. The lowest BCUT2D eigenvalue weighted by atomic mass is 9.96. The van der Waals surface area contributed by atoms with E-state index in [1.807, 2.05) is 40.1 Å². The molecule has 0 atom stereocenters. The minimum Gasteiger partial charge on any atom is -0.323 e. The number of anilines is 3. The molecule has 102 valence electrons. The largest absolute Gasteiger partial charge is 0.323 e. The van der Waals surface area contributed by atoms with Crippen LogP contribution in [0.1, 0.15) is 26.6 Å². The van der Waals surface area contributed by atoms with Crippen LogP contribution in [0.5, 0.6) is 0 Å². The number of hydrazine groups is 1. The molecule has 2 aromatic heterocycles. The Morgan fingerprint density at radius 1 is 1.16 bits per heavy atom. The van der Waals surface area contributed by atoms with Crippen LogP contribution in [0.15, 0.2) is 18.3 Å². The lowest BCUT2D eigenvalue weighted by molar-refractivity contribution is 0.547. The van der Waals surface area contributed by atoms with E-state index in [2.05, 4.69) is 25.8 Å². The molecule has 2 heterocycles. The van der Waals surface area contributed by atoms with Crippen LogP contribution < -0.4 is 16.6 Å². The number of aryl methyl sites for hydroxylation is 1. The summed E-state index contributed by atoms with van der Waals surface area (Å²) < 4.78 is 1.72. The van der Waals surface area contributed by atoms with Gasteiger partial charge in [0.15, 0.2) is 5.82 Å². The average molecular weight is 261 g/mol. The second-order valence-electron chi connectivity index (χ2n) is 5.36. The minimum atomic E-state index is -0.159. The summed E-state index contributed by atoms with van der Waals surface area (Å²) in [5.41, 5.74) is 2.39. The third-order valence-corrected chi connectivity index (χ3v) is 2.51. The van der Waals surface area contributed by atoms with E-state index in [1.54, 1.807) is 10.7 Å². The summed E-state index contributed by atoms with van der Waals surface area (Å²) >= 11 is 0. The topological polar surface area (TPSA) is 93.7 Å². The summed E-state index contributed by atoms with van der Waals surface area (Å²) in [4.78, 5) is 8.85. The Balaban J connectivity index is 2.34. The van der Waals surface area contributed by atoms with Gasteiger partial charge in [-0.2, -0.15) is 5.10 Å². The fourth-order valence-electron chi connectivity index (χ4n) is 1.53. The molecule has 0 aromatic carbocycles. The highest BCUT2D eigenvalue weighted by molar-refractivity contribution is 5.55. The third-order valence-electron chi connectivity index (χ3n) is 2.51. The number of rotatable bonds is 3. The Bertz CT molecular complexity index is 568. The number of nitrogen functional groups attached to an aromatic ring is 1. The molecule has 4 N–H and O–H groups in total. The van der Waals surface area contributed by atoms with Gasteiger partial charge in [0.25, 0.3) is 0 Å². The van der Waals surface area contributed by atoms with E-state index in [-0.39, 0.29) is 5.41 Å². The van der Waals surface area contributed by atoms with Crippen LogP contribution in [-0.2, 0) is 12.5 Å². The third kappa shape index (κ3) is 3.19. The predicted molar refractivity (Wildman–Crippen MR) is 75.0 cm³/mol. The average Bonchev–Trinajstić information content (AvgIpc) is 2.73. The highest BCUT2D eigenvalue weighted by atomic mass is 15.3. The van der Waals surface area contributed by atoms with E-state index in [0.717, 1.165) is 5.82 Å². The lowest BCUT2D eigenvalue weighted by Gasteiger charge is -2.18. The normalized spacial score (nSPS) is 11.4. The number of hydrogen-bond donors (Lipinski definition) is 3. The van der Waals surface area contributed by atoms with Crippen molar-refractivity contribution in [2.45, 2.75) is 26.2 Å². The van der Waals surface area contributed by atoms with Gasteiger partial charge in [-0.15, -0.1) is 0 Å². The first-order valence-electron chi connectivity index (χ1n) is 6.01. The van der Waals surface area contributed by atoms with Crippen LogP contribution in [0.25, 0.3) is 0 Å². The summed E-state index contributed by atoms with van der Waals surface area (Å²) in [6, 6.07) is 3.61. The molecule has 0 saturated carbocycles. The minimum absolute atomic E-state index is 0.159. The van der Waals surface area contributed by atoms with E-state index in [0.29, 0.717) is 17.5 Å². The number of hydrogen-bond acceptors (Lipinski definition) is 6. The molecule has 2 rings (SSSR count).